The summed E-state index contributed by atoms with van der Waals surface area (Å²) >= 11 is 0. The topological polar surface area (TPSA) is 38.7 Å². The first-order valence-electron chi connectivity index (χ1n) is 5.82. The van der Waals surface area contributed by atoms with Crippen molar-refractivity contribution in [2.45, 2.75) is 38.7 Å². The molecule has 1 aromatic carbocycles. The number of unbranched alkanes of at least 4 members (excludes halogenated alkanes) is 1. The van der Waals surface area contributed by atoms with E-state index in [1.807, 2.05) is 19.1 Å². The fraction of sp³-hybridized carbons (Fsp3) is 0.538. The maximum atomic E-state index is 9.14. The van der Waals surface area contributed by atoms with Gasteiger partial charge in [0.1, 0.15) is 0 Å². The largest absolute Gasteiger partial charge is 0.454 e. The molecule has 88 valence electrons. The van der Waals surface area contributed by atoms with Gasteiger partial charge in [-0.2, -0.15) is 0 Å². The third-order valence-corrected chi connectivity index (χ3v) is 2.77. The lowest BCUT2D eigenvalue weighted by atomic mass is 10.1. The average Bonchev–Trinajstić information content (AvgIpc) is 2.71. The van der Waals surface area contributed by atoms with Gasteiger partial charge in [0.15, 0.2) is 11.5 Å². The molecule has 0 saturated carbocycles. The Labute approximate surface area is 96.0 Å². The number of hydrogen-bond acceptors (Lipinski definition) is 3. The third-order valence-electron chi connectivity index (χ3n) is 2.77. The van der Waals surface area contributed by atoms with Gasteiger partial charge in [-0.05, 0) is 43.9 Å². The Morgan fingerprint density at radius 2 is 2.06 bits per heavy atom. The van der Waals surface area contributed by atoms with Gasteiger partial charge < -0.3 is 14.6 Å². The molecule has 1 unspecified atom stereocenters. The van der Waals surface area contributed by atoms with Gasteiger partial charge >= 0.3 is 0 Å². The SMILES string of the molecule is CC(O)CCCCc1ccc2c(c1)OCO2. The van der Waals surface area contributed by atoms with Gasteiger partial charge in [-0.3, -0.25) is 0 Å². The van der Waals surface area contributed by atoms with Crippen LogP contribution in [0.5, 0.6) is 11.5 Å². The third kappa shape index (κ3) is 2.89. The molecule has 1 aromatic rings. The van der Waals surface area contributed by atoms with Crippen LogP contribution in [0.2, 0.25) is 0 Å². The maximum absolute atomic E-state index is 9.14. The van der Waals surface area contributed by atoms with Crippen molar-refractivity contribution >= 4 is 0 Å². The molecule has 1 aliphatic heterocycles. The van der Waals surface area contributed by atoms with Crippen LogP contribution >= 0.6 is 0 Å². The van der Waals surface area contributed by atoms with Crippen molar-refractivity contribution < 1.29 is 14.6 Å². The van der Waals surface area contributed by atoms with Crippen LogP contribution in [0.3, 0.4) is 0 Å². The van der Waals surface area contributed by atoms with E-state index >= 15 is 0 Å². The molecule has 1 aliphatic rings. The van der Waals surface area contributed by atoms with Gasteiger partial charge in [-0.25, -0.2) is 0 Å². The number of fused-ring (bicyclic) bond motifs is 1. The molecule has 1 N–H and O–H groups in total. The number of aliphatic hydroxyl groups is 1. The zero-order chi connectivity index (χ0) is 11.4. The van der Waals surface area contributed by atoms with Gasteiger partial charge in [0.25, 0.3) is 0 Å². The van der Waals surface area contributed by atoms with Crippen LogP contribution in [0.1, 0.15) is 31.7 Å². The molecule has 3 heteroatoms. The minimum absolute atomic E-state index is 0.184. The Morgan fingerprint density at radius 1 is 1.25 bits per heavy atom. The molecule has 1 atom stereocenters. The number of aliphatic hydroxyl groups excluding tert-OH is 1. The second-order valence-electron chi connectivity index (χ2n) is 4.28. The van der Waals surface area contributed by atoms with E-state index in [0.717, 1.165) is 37.2 Å². The lowest BCUT2D eigenvalue weighted by Crippen LogP contribution is -1.98. The maximum Gasteiger partial charge on any atom is 0.231 e. The van der Waals surface area contributed by atoms with Crippen molar-refractivity contribution in [2.24, 2.45) is 0 Å². The number of ether oxygens (including phenoxy) is 2. The molecule has 0 spiro atoms. The molecule has 1 heterocycles. The summed E-state index contributed by atoms with van der Waals surface area (Å²) in [6, 6.07) is 6.09. The summed E-state index contributed by atoms with van der Waals surface area (Å²) in [6.45, 7) is 2.17. The van der Waals surface area contributed by atoms with Crippen molar-refractivity contribution in [3.8, 4) is 11.5 Å². The molecule has 3 nitrogen and oxygen atoms in total. The minimum Gasteiger partial charge on any atom is -0.454 e. The van der Waals surface area contributed by atoms with Gasteiger partial charge in [0.2, 0.25) is 6.79 Å². The quantitative estimate of drug-likeness (QED) is 0.778. The van der Waals surface area contributed by atoms with Gasteiger partial charge in [-0.15, -0.1) is 0 Å². The average molecular weight is 222 g/mol. The second-order valence-corrected chi connectivity index (χ2v) is 4.28. The Kier molecular flexibility index (Phi) is 3.67. The summed E-state index contributed by atoms with van der Waals surface area (Å²) in [5.74, 6) is 1.70. The molecule has 0 amide bonds. The van der Waals surface area contributed by atoms with E-state index in [-0.39, 0.29) is 6.10 Å². The van der Waals surface area contributed by atoms with Crippen LogP contribution in [0.15, 0.2) is 18.2 Å². The Balaban J connectivity index is 1.81. The first kappa shape index (κ1) is 11.3. The lowest BCUT2D eigenvalue weighted by Gasteiger charge is -2.05. The summed E-state index contributed by atoms with van der Waals surface area (Å²) in [5.41, 5.74) is 1.27. The Bertz CT molecular complexity index is 347. The van der Waals surface area contributed by atoms with Gasteiger partial charge in [-0.1, -0.05) is 12.5 Å². The molecule has 0 saturated heterocycles. The van der Waals surface area contributed by atoms with E-state index in [4.69, 9.17) is 14.6 Å². The summed E-state index contributed by atoms with van der Waals surface area (Å²) in [6.07, 6.45) is 3.89. The van der Waals surface area contributed by atoms with E-state index in [0.29, 0.717) is 6.79 Å². The highest BCUT2D eigenvalue weighted by atomic mass is 16.7. The number of rotatable bonds is 5. The highest BCUT2D eigenvalue weighted by Crippen LogP contribution is 2.32. The molecule has 0 fully saturated rings. The van der Waals surface area contributed by atoms with Crippen LogP contribution in [0.4, 0.5) is 0 Å². The van der Waals surface area contributed by atoms with E-state index in [2.05, 4.69) is 6.07 Å². The van der Waals surface area contributed by atoms with Crippen molar-refractivity contribution in [3.05, 3.63) is 23.8 Å². The summed E-state index contributed by atoms with van der Waals surface area (Å²) in [4.78, 5) is 0. The molecule has 0 aliphatic carbocycles. The standard InChI is InChI=1S/C13H18O3/c1-10(14)4-2-3-5-11-6-7-12-13(8-11)16-9-15-12/h6-8,10,14H,2-5,9H2,1H3. The first-order chi connectivity index (χ1) is 7.75. The number of aryl methyl sites for hydroxylation is 1. The molecule has 16 heavy (non-hydrogen) atoms. The van der Waals surface area contributed by atoms with Crippen LogP contribution in [-0.2, 0) is 6.42 Å². The summed E-state index contributed by atoms with van der Waals surface area (Å²) in [7, 11) is 0. The van der Waals surface area contributed by atoms with Crippen LogP contribution < -0.4 is 9.47 Å². The fourth-order valence-corrected chi connectivity index (χ4v) is 1.87. The molecule has 0 aromatic heterocycles. The van der Waals surface area contributed by atoms with Gasteiger partial charge in [0.05, 0.1) is 6.10 Å². The number of hydrogen-bond donors (Lipinski definition) is 1. The molecule has 0 radical (unpaired) electrons. The van der Waals surface area contributed by atoms with Crippen molar-refractivity contribution in [1.29, 1.82) is 0 Å². The monoisotopic (exact) mass is 222 g/mol. The van der Waals surface area contributed by atoms with Crippen molar-refractivity contribution in [2.75, 3.05) is 6.79 Å². The Morgan fingerprint density at radius 3 is 2.88 bits per heavy atom. The van der Waals surface area contributed by atoms with Crippen LogP contribution in [0.25, 0.3) is 0 Å². The summed E-state index contributed by atoms with van der Waals surface area (Å²) in [5, 5.41) is 9.14. The zero-order valence-electron chi connectivity index (χ0n) is 9.61. The predicted octanol–water partition coefficient (Wildman–Crippen LogP) is 2.51. The molecule has 2 rings (SSSR count). The Hall–Kier alpha value is -1.22. The molecular formula is C13H18O3. The van der Waals surface area contributed by atoms with E-state index in [1.165, 1.54) is 5.56 Å². The van der Waals surface area contributed by atoms with Crippen LogP contribution in [-0.4, -0.2) is 18.0 Å². The van der Waals surface area contributed by atoms with E-state index in [9.17, 15) is 0 Å². The fourth-order valence-electron chi connectivity index (χ4n) is 1.87. The summed E-state index contributed by atoms with van der Waals surface area (Å²) < 4.78 is 10.6. The molecule has 0 bridgehead atoms. The lowest BCUT2D eigenvalue weighted by molar-refractivity contribution is 0.174. The highest BCUT2D eigenvalue weighted by Gasteiger charge is 2.12. The van der Waals surface area contributed by atoms with Crippen molar-refractivity contribution in [3.63, 3.8) is 0 Å². The normalized spacial score (nSPS) is 15.1. The minimum atomic E-state index is -0.184. The zero-order valence-corrected chi connectivity index (χ0v) is 9.61. The van der Waals surface area contributed by atoms with E-state index in [1.54, 1.807) is 0 Å². The first-order valence-corrected chi connectivity index (χ1v) is 5.82. The van der Waals surface area contributed by atoms with Crippen molar-refractivity contribution in [1.82, 2.24) is 0 Å². The van der Waals surface area contributed by atoms with Gasteiger partial charge in [0, 0.05) is 0 Å². The smallest absolute Gasteiger partial charge is 0.231 e. The molecular weight excluding hydrogens is 204 g/mol. The number of benzene rings is 1. The van der Waals surface area contributed by atoms with E-state index < -0.39 is 0 Å². The highest BCUT2D eigenvalue weighted by molar-refractivity contribution is 5.44. The van der Waals surface area contributed by atoms with Crippen LogP contribution in [0, 0.1) is 0 Å². The second kappa shape index (κ2) is 5.21. The predicted molar refractivity (Wildman–Crippen MR) is 61.8 cm³/mol.